The van der Waals surface area contributed by atoms with Crippen LogP contribution in [0.3, 0.4) is 0 Å². The van der Waals surface area contributed by atoms with Crippen LogP contribution >= 0.6 is 23.2 Å². The zero-order chi connectivity index (χ0) is 15.0. The van der Waals surface area contributed by atoms with Gasteiger partial charge in [0, 0.05) is 23.7 Å². The normalized spacial score (nSPS) is 14.8. The van der Waals surface area contributed by atoms with Gasteiger partial charge in [-0.15, -0.1) is 0 Å². The third kappa shape index (κ3) is 2.90. The zero-order valence-electron chi connectivity index (χ0n) is 11.4. The summed E-state index contributed by atoms with van der Waals surface area (Å²) < 4.78 is 0. The van der Waals surface area contributed by atoms with Gasteiger partial charge in [0.25, 0.3) is 5.91 Å². The fourth-order valence-corrected chi connectivity index (χ4v) is 2.78. The molecule has 0 fully saturated rings. The molecule has 2 N–H and O–H groups in total. The molecule has 5 nitrogen and oxygen atoms in total. The molecule has 0 spiro atoms. The topological polar surface area (TPSA) is 61.0 Å². The van der Waals surface area contributed by atoms with E-state index in [2.05, 4.69) is 20.4 Å². The van der Waals surface area contributed by atoms with Gasteiger partial charge in [-0.3, -0.25) is 9.89 Å². The Morgan fingerprint density at radius 2 is 2.24 bits per heavy atom. The number of rotatable bonds is 2. The standard InChI is InChI=1S/C14H14Cl2N4O/c1-20-5-4-9-12(7-20)18-19-13(9)17-14(21)10-6-8(15)2-3-11(10)16/h2-3,6H,4-5,7H2,1H3,(H2,17,18,19,21). The lowest BCUT2D eigenvalue weighted by Crippen LogP contribution is -2.26. The number of benzene rings is 1. The van der Waals surface area contributed by atoms with Gasteiger partial charge < -0.3 is 10.2 Å². The first-order chi connectivity index (χ1) is 10.0. The van der Waals surface area contributed by atoms with Crippen LogP contribution in [0.4, 0.5) is 5.82 Å². The Bertz CT molecular complexity index is 698. The molecule has 0 saturated carbocycles. The Kier molecular flexibility index (Phi) is 3.89. The van der Waals surface area contributed by atoms with Gasteiger partial charge in [-0.1, -0.05) is 23.2 Å². The number of hydrogen-bond acceptors (Lipinski definition) is 3. The van der Waals surface area contributed by atoms with E-state index in [0.717, 1.165) is 30.8 Å². The van der Waals surface area contributed by atoms with Gasteiger partial charge >= 0.3 is 0 Å². The van der Waals surface area contributed by atoms with Gasteiger partial charge in [0.05, 0.1) is 16.3 Å². The van der Waals surface area contributed by atoms with Crippen LogP contribution in [0, 0.1) is 0 Å². The number of amides is 1. The number of aromatic amines is 1. The highest BCUT2D eigenvalue weighted by Gasteiger charge is 2.21. The number of likely N-dealkylation sites (N-methyl/N-ethyl adjacent to an activating group) is 1. The molecule has 2 aromatic rings. The highest BCUT2D eigenvalue weighted by Crippen LogP contribution is 2.25. The predicted octanol–water partition coefficient (Wildman–Crippen LogP) is 2.96. The number of halogens is 2. The van der Waals surface area contributed by atoms with Crippen LogP contribution in [0.15, 0.2) is 18.2 Å². The van der Waals surface area contributed by atoms with Crippen LogP contribution in [0.25, 0.3) is 0 Å². The number of anilines is 1. The molecule has 1 aliphatic rings. The minimum atomic E-state index is -0.310. The van der Waals surface area contributed by atoms with Gasteiger partial charge in [0.1, 0.15) is 0 Å². The molecule has 1 aliphatic heterocycles. The van der Waals surface area contributed by atoms with Crippen LogP contribution in [0.5, 0.6) is 0 Å². The van der Waals surface area contributed by atoms with E-state index in [0.29, 0.717) is 21.4 Å². The SMILES string of the molecule is CN1CCc2c(NC(=O)c3cc(Cl)ccc3Cl)n[nH]c2C1. The van der Waals surface area contributed by atoms with E-state index in [1.54, 1.807) is 18.2 Å². The Morgan fingerprint density at radius 3 is 3.05 bits per heavy atom. The molecule has 0 aliphatic carbocycles. The minimum Gasteiger partial charge on any atom is -0.305 e. The maximum absolute atomic E-state index is 12.3. The molecule has 1 amide bonds. The second-order valence-corrected chi connectivity index (χ2v) is 5.94. The highest BCUT2D eigenvalue weighted by molar-refractivity contribution is 6.36. The fraction of sp³-hybridized carbons (Fsp3) is 0.286. The summed E-state index contributed by atoms with van der Waals surface area (Å²) in [6, 6.07) is 4.80. The van der Waals surface area contributed by atoms with Gasteiger partial charge in [-0.05, 0) is 31.7 Å². The summed E-state index contributed by atoms with van der Waals surface area (Å²) in [5.74, 6) is 0.259. The summed E-state index contributed by atoms with van der Waals surface area (Å²) in [6.45, 7) is 1.74. The molecular formula is C14H14Cl2N4O. The van der Waals surface area contributed by atoms with Crippen molar-refractivity contribution in [1.82, 2.24) is 15.1 Å². The Balaban J connectivity index is 1.84. The van der Waals surface area contributed by atoms with Crippen molar-refractivity contribution < 1.29 is 4.79 Å². The molecule has 21 heavy (non-hydrogen) atoms. The Hall–Kier alpha value is -1.56. The summed E-state index contributed by atoms with van der Waals surface area (Å²) >= 11 is 11.9. The molecule has 0 bridgehead atoms. The average molecular weight is 325 g/mol. The second-order valence-electron chi connectivity index (χ2n) is 5.10. The maximum Gasteiger partial charge on any atom is 0.258 e. The molecule has 0 unspecified atom stereocenters. The molecule has 1 aromatic heterocycles. The highest BCUT2D eigenvalue weighted by atomic mass is 35.5. The third-order valence-corrected chi connectivity index (χ3v) is 4.09. The lowest BCUT2D eigenvalue weighted by molar-refractivity contribution is 0.102. The van der Waals surface area contributed by atoms with E-state index in [4.69, 9.17) is 23.2 Å². The number of nitrogens with one attached hydrogen (secondary N) is 2. The quantitative estimate of drug-likeness (QED) is 0.892. The minimum absolute atomic E-state index is 0.310. The average Bonchev–Trinajstić information content (AvgIpc) is 2.83. The number of H-pyrrole nitrogens is 1. The number of fused-ring (bicyclic) bond motifs is 1. The molecule has 0 saturated heterocycles. The predicted molar refractivity (Wildman–Crippen MR) is 83.0 cm³/mol. The summed E-state index contributed by atoms with van der Waals surface area (Å²) in [7, 11) is 2.05. The first-order valence-corrected chi connectivity index (χ1v) is 7.31. The van der Waals surface area contributed by atoms with E-state index >= 15 is 0 Å². The molecule has 1 aromatic carbocycles. The number of aromatic nitrogens is 2. The van der Waals surface area contributed by atoms with Crippen molar-refractivity contribution in [1.29, 1.82) is 0 Å². The lowest BCUT2D eigenvalue weighted by Gasteiger charge is -2.21. The first-order valence-electron chi connectivity index (χ1n) is 6.55. The largest absolute Gasteiger partial charge is 0.305 e. The van der Waals surface area contributed by atoms with Crippen molar-refractivity contribution in [3.63, 3.8) is 0 Å². The summed E-state index contributed by atoms with van der Waals surface area (Å²) in [6.07, 6.45) is 0.848. The lowest BCUT2D eigenvalue weighted by atomic mass is 10.1. The number of hydrogen-bond donors (Lipinski definition) is 2. The van der Waals surface area contributed by atoms with Gasteiger partial charge in [0.2, 0.25) is 0 Å². The second kappa shape index (κ2) is 5.67. The Morgan fingerprint density at radius 1 is 1.43 bits per heavy atom. The fourth-order valence-electron chi connectivity index (χ4n) is 2.40. The van der Waals surface area contributed by atoms with Crippen molar-refractivity contribution in [3.8, 4) is 0 Å². The van der Waals surface area contributed by atoms with Crippen molar-refractivity contribution in [3.05, 3.63) is 45.1 Å². The van der Waals surface area contributed by atoms with Crippen molar-refractivity contribution in [2.24, 2.45) is 0 Å². The van der Waals surface area contributed by atoms with E-state index in [1.165, 1.54) is 0 Å². The van der Waals surface area contributed by atoms with E-state index in [1.807, 2.05) is 7.05 Å². The Labute approximate surface area is 132 Å². The molecule has 0 radical (unpaired) electrons. The number of carbonyl (C=O) groups is 1. The van der Waals surface area contributed by atoms with E-state index < -0.39 is 0 Å². The number of carbonyl (C=O) groups excluding carboxylic acids is 1. The monoisotopic (exact) mass is 324 g/mol. The van der Waals surface area contributed by atoms with Crippen LogP contribution < -0.4 is 5.32 Å². The van der Waals surface area contributed by atoms with Gasteiger partial charge in [-0.25, -0.2) is 0 Å². The summed E-state index contributed by atoms with van der Waals surface area (Å²) in [5.41, 5.74) is 2.43. The molecule has 7 heteroatoms. The van der Waals surface area contributed by atoms with Crippen molar-refractivity contribution in [2.75, 3.05) is 18.9 Å². The van der Waals surface area contributed by atoms with Crippen molar-refractivity contribution in [2.45, 2.75) is 13.0 Å². The van der Waals surface area contributed by atoms with Gasteiger partial charge in [0.15, 0.2) is 5.82 Å². The molecule has 110 valence electrons. The maximum atomic E-state index is 12.3. The number of nitrogens with zero attached hydrogens (tertiary/aromatic N) is 2. The van der Waals surface area contributed by atoms with Crippen LogP contribution in [0.2, 0.25) is 10.0 Å². The van der Waals surface area contributed by atoms with Crippen LogP contribution in [0.1, 0.15) is 21.6 Å². The smallest absolute Gasteiger partial charge is 0.258 e. The zero-order valence-corrected chi connectivity index (χ0v) is 12.9. The summed E-state index contributed by atoms with van der Waals surface area (Å²) in [5, 5.41) is 10.8. The molecular weight excluding hydrogens is 311 g/mol. The molecule has 3 rings (SSSR count). The van der Waals surface area contributed by atoms with E-state index in [9.17, 15) is 4.79 Å². The van der Waals surface area contributed by atoms with E-state index in [-0.39, 0.29) is 5.91 Å². The van der Waals surface area contributed by atoms with Crippen molar-refractivity contribution >= 4 is 34.9 Å². The molecule has 0 atom stereocenters. The first kappa shape index (κ1) is 14.4. The van der Waals surface area contributed by atoms with Gasteiger partial charge in [-0.2, -0.15) is 5.10 Å². The summed E-state index contributed by atoms with van der Waals surface area (Å²) in [4.78, 5) is 14.5. The van der Waals surface area contributed by atoms with Crippen LogP contribution in [-0.2, 0) is 13.0 Å². The molecule has 2 heterocycles. The third-order valence-electron chi connectivity index (χ3n) is 3.53. The van der Waals surface area contributed by atoms with Crippen LogP contribution in [-0.4, -0.2) is 34.6 Å².